The number of furan rings is 1. The maximum Gasteiger partial charge on any atom is 0.310 e. The Hall–Kier alpha value is -1.69. The average Bonchev–Trinajstić information content (AvgIpc) is 2.61. The minimum absolute atomic E-state index is 0.00412. The lowest BCUT2D eigenvalue weighted by Gasteiger charge is -2.05. The van der Waals surface area contributed by atoms with Gasteiger partial charge in [0.15, 0.2) is 0 Å². The molecule has 0 aliphatic heterocycles. The number of carbonyl (C=O) groups excluding carboxylic acids is 1. The van der Waals surface area contributed by atoms with Gasteiger partial charge in [0.1, 0.15) is 18.1 Å². The number of terminal acetylenes is 1. The molecule has 0 unspecified atom stereocenters. The molecule has 1 fully saturated rings. The van der Waals surface area contributed by atoms with Crippen LogP contribution in [0.1, 0.15) is 44.8 Å². The van der Waals surface area contributed by atoms with E-state index in [0.717, 1.165) is 17.1 Å². The lowest BCUT2D eigenvalue weighted by molar-refractivity contribution is -0.148. The highest BCUT2D eigenvalue weighted by Gasteiger charge is 2.69. The molecule has 1 aliphatic rings. The zero-order valence-electron chi connectivity index (χ0n) is 12.9. The van der Waals surface area contributed by atoms with E-state index in [0.29, 0.717) is 6.42 Å². The highest BCUT2D eigenvalue weighted by Crippen LogP contribution is 2.68. The Labute approximate surface area is 120 Å². The molecule has 0 saturated heterocycles. The molecule has 1 heterocycles. The molecule has 1 saturated carbocycles. The fraction of sp³-hybridized carbons (Fsp3) is 0.588. The Morgan fingerprint density at radius 2 is 2.00 bits per heavy atom. The van der Waals surface area contributed by atoms with E-state index in [9.17, 15) is 4.79 Å². The van der Waals surface area contributed by atoms with Crippen LogP contribution in [0.15, 0.2) is 10.5 Å². The first-order valence-electron chi connectivity index (χ1n) is 6.90. The van der Waals surface area contributed by atoms with E-state index in [1.165, 1.54) is 0 Å². The molecular formula is C17H22O3. The van der Waals surface area contributed by atoms with E-state index in [1.807, 2.05) is 13.0 Å². The Bertz CT molecular complexity index is 556. The minimum Gasteiger partial charge on any atom is -0.465 e. The molecule has 108 valence electrons. The number of hydrogen-bond acceptors (Lipinski definition) is 3. The van der Waals surface area contributed by atoms with Crippen LogP contribution in [0, 0.1) is 36.0 Å². The number of hydrogen-bond donors (Lipinski definition) is 0. The molecule has 0 amide bonds. The quantitative estimate of drug-likeness (QED) is 0.623. The van der Waals surface area contributed by atoms with Gasteiger partial charge in [0.2, 0.25) is 0 Å². The molecule has 0 spiro atoms. The first-order valence-corrected chi connectivity index (χ1v) is 6.90. The third kappa shape index (κ3) is 2.24. The van der Waals surface area contributed by atoms with E-state index in [-0.39, 0.29) is 29.3 Å². The van der Waals surface area contributed by atoms with Crippen molar-refractivity contribution in [1.29, 1.82) is 0 Å². The monoisotopic (exact) mass is 274 g/mol. The SMILES string of the molecule is C#CCc1cc(COC(=O)C2C(C)(C)C2(C)C)c(C)o1. The van der Waals surface area contributed by atoms with Crippen LogP contribution in [-0.2, 0) is 22.6 Å². The summed E-state index contributed by atoms with van der Waals surface area (Å²) in [6.45, 7) is 10.5. The van der Waals surface area contributed by atoms with Crippen molar-refractivity contribution in [3.8, 4) is 12.3 Å². The van der Waals surface area contributed by atoms with Crippen LogP contribution in [0.4, 0.5) is 0 Å². The van der Waals surface area contributed by atoms with Gasteiger partial charge in [-0.15, -0.1) is 6.42 Å². The molecule has 3 heteroatoms. The van der Waals surface area contributed by atoms with Crippen LogP contribution in [0.3, 0.4) is 0 Å². The summed E-state index contributed by atoms with van der Waals surface area (Å²) in [5, 5.41) is 0. The van der Waals surface area contributed by atoms with Gasteiger partial charge in [0.25, 0.3) is 0 Å². The lowest BCUT2D eigenvalue weighted by atomic mass is 10.0. The largest absolute Gasteiger partial charge is 0.465 e. The maximum atomic E-state index is 12.2. The van der Waals surface area contributed by atoms with E-state index in [4.69, 9.17) is 15.6 Å². The van der Waals surface area contributed by atoms with E-state index in [1.54, 1.807) is 0 Å². The molecule has 1 aromatic rings. The van der Waals surface area contributed by atoms with Gasteiger partial charge in [0, 0.05) is 5.56 Å². The van der Waals surface area contributed by atoms with Crippen molar-refractivity contribution in [3.05, 3.63) is 23.2 Å². The van der Waals surface area contributed by atoms with Crippen molar-refractivity contribution in [3.63, 3.8) is 0 Å². The Morgan fingerprint density at radius 3 is 2.50 bits per heavy atom. The van der Waals surface area contributed by atoms with Crippen molar-refractivity contribution in [2.24, 2.45) is 16.7 Å². The summed E-state index contributed by atoms with van der Waals surface area (Å²) >= 11 is 0. The first kappa shape index (κ1) is 14.7. The molecule has 0 atom stereocenters. The summed E-state index contributed by atoms with van der Waals surface area (Å²) in [5.74, 6) is 3.88. The summed E-state index contributed by atoms with van der Waals surface area (Å²) in [5.41, 5.74) is 0.897. The molecule has 2 rings (SSSR count). The first-order chi connectivity index (χ1) is 9.21. The number of ether oxygens (including phenoxy) is 1. The van der Waals surface area contributed by atoms with Crippen molar-refractivity contribution < 1.29 is 13.9 Å². The maximum absolute atomic E-state index is 12.2. The smallest absolute Gasteiger partial charge is 0.310 e. The van der Waals surface area contributed by atoms with Crippen LogP contribution >= 0.6 is 0 Å². The van der Waals surface area contributed by atoms with Gasteiger partial charge in [-0.05, 0) is 23.8 Å². The number of esters is 1. The molecule has 20 heavy (non-hydrogen) atoms. The van der Waals surface area contributed by atoms with Crippen LogP contribution in [0.2, 0.25) is 0 Å². The molecule has 1 aromatic heterocycles. The predicted molar refractivity (Wildman–Crippen MR) is 76.8 cm³/mol. The van der Waals surface area contributed by atoms with Crippen molar-refractivity contribution in [2.75, 3.05) is 0 Å². The zero-order chi connectivity index (χ0) is 15.1. The van der Waals surface area contributed by atoms with Crippen LogP contribution in [0.5, 0.6) is 0 Å². The molecule has 1 aliphatic carbocycles. The Balaban J connectivity index is 1.97. The van der Waals surface area contributed by atoms with Crippen LogP contribution in [0.25, 0.3) is 0 Å². The van der Waals surface area contributed by atoms with Crippen molar-refractivity contribution in [2.45, 2.75) is 47.6 Å². The van der Waals surface area contributed by atoms with E-state index >= 15 is 0 Å². The third-order valence-electron chi connectivity index (χ3n) is 4.97. The molecule has 0 aromatic carbocycles. The fourth-order valence-corrected chi connectivity index (χ4v) is 2.94. The summed E-state index contributed by atoms with van der Waals surface area (Å²) in [4.78, 5) is 12.2. The summed E-state index contributed by atoms with van der Waals surface area (Å²) < 4.78 is 11.0. The van der Waals surface area contributed by atoms with Gasteiger partial charge in [-0.2, -0.15) is 0 Å². The van der Waals surface area contributed by atoms with Gasteiger partial charge in [-0.1, -0.05) is 33.6 Å². The molecule has 0 bridgehead atoms. The lowest BCUT2D eigenvalue weighted by Crippen LogP contribution is -2.11. The second kappa shape index (κ2) is 4.70. The Kier molecular flexibility index (Phi) is 3.46. The molecule has 0 radical (unpaired) electrons. The highest BCUT2D eigenvalue weighted by molar-refractivity contribution is 5.78. The summed E-state index contributed by atoms with van der Waals surface area (Å²) in [6.07, 6.45) is 5.71. The van der Waals surface area contributed by atoms with Gasteiger partial charge in [-0.3, -0.25) is 4.79 Å². The molecular weight excluding hydrogens is 252 g/mol. The topological polar surface area (TPSA) is 39.4 Å². The van der Waals surface area contributed by atoms with Crippen molar-refractivity contribution >= 4 is 5.97 Å². The van der Waals surface area contributed by atoms with Crippen LogP contribution < -0.4 is 0 Å². The number of aryl methyl sites for hydroxylation is 1. The van der Waals surface area contributed by atoms with Gasteiger partial charge in [0.05, 0.1) is 12.3 Å². The van der Waals surface area contributed by atoms with Crippen LogP contribution in [-0.4, -0.2) is 5.97 Å². The highest BCUT2D eigenvalue weighted by atomic mass is 16.5. The van der Waals surface area contributed by atoms with E-state index in [2.05, 4.69) is 33.6 Å². The zero-order valence-corrected chi connectivity index (χ0v) is 12.9. The van der Waals surface area contributed by atoms with Gasteiger partial charge in [-0.25, -0.2) is 0 Å². The summed E-state index contributed by atoms with van der Waals surface area (Å²) in [7, 11) is 0. The number of rotatable bonds is 4. The second-order valence-corrected chi connectivity index (χ2v) is 6.66. The second-order valence-electron chi connectivity index (χ2n) is 6.66. The Morgan fingerprint density at radius 1 is 1.40 bits per heavy atom. The molecule has 0 N–H and O–H groups in total. The molecule has 3 nitrogen and oxygen atoms in total. The normalized spacial score (nSPS) is 19.4. The van der Waals surface area contributed by atoms with E-state index < -0.39 is 0 Å². The van der Waals surface area contributed by atoms with Gasteiger partial charge >= 0.3 is 5.97 Å². The van der Waals surface area contributed by atoms with Gasteiger partial charge < -0.3 is 9.15 Å². The standard InChI is InChI=1S/C17H22O3/c1-7-8-13-9-12(11(2)20-13)10-19-15(18)14-16(3,4)17(14,5)6/h1,9,14H,8,10H2,2-6H3. The van der Waals surface area contributed by atoms with Crippen molar-refractivity contribution in [1.82, 2.24) is 0 Å². The predicted octanol–water partition coefficient (Wildman–Crippen LogP) is 3.49. The summed E-state index contributed by atoms with van der Waals surface area (Å²) in [6, 6.07) is 1.87. The number of carbonyl (C=O) groups is 1. The fourth-order valence-electron chi connectivity index (χ4n) is 2.94. The minimum atomic E-state index is -0.126. The third-order valence-corrected chi connectivity index (χ3v) is 4.97. The average molecular weight is 274 g/mol.